The molecular formula is C30H38N6O5S. The third-order valence-corrected chi connectivity index (χ3v) is 7.07. The second kappa shape index (κ2) is 14.8. The van der Waals surface area contributed by atoms with Gasteiger partial charge in [-0.3, -0.25) is 20.0 Å². The van der Waals surface area contributed by atoms with Crippen LogP contribution in [0.3, 0.4) is 0 Å². The average molecular weight is 595 g/mol. The van der Waals surface area contributed by atoms with Gasteiger partial charge in [0.25, 0.3) is 5.91 Å². The van der Waals surface area contributed by atoms with Gasteiger partial charge in [-0.1, -0.05) is 18.2 Å². The molecule has 4 rings (SSSR count). The molecule has 3 heterocycles. The summed E-state index contributed by atoms with van der Waals surface area (Å²) in [6.07, 6.45) is 2.56. The van der Waals surface area contributed by atoms with Crippen LogP contribution in [0.1, 0.15) is 55.7 Å². The number of pyridine rings is 1. The van der Waals surface area contributed by atoms with Crippen molar-refractivity contribution in [3.8, 4) is 0 Å². The molecule has 0 aliphatic carbocycles. The molecule has 0 saturated carbocycles. The largest absolute Gasteiger partial charge is 0.444 e. The van der Waals surface area contributed by atoms with Crippen molar-refractivity contribution < 1.29 is 23.9 Å². The summed E-state index contributed by atoms with van der Waals surface area (Å²) < 4.78 is 10.8. The summed E-state index contributed by atoms with van der Waals surface area (Å²) in [5.74, 6) is -0.438. The van der Waals surface area contributed by atoms with E-state index in [1.807, 2.05) is 16.8 Å². The Balaban J connectivity index is 1.41. The number of carbonyl (C=O) groups excluding carboxylic acids is 3. The van der Waals surface area contributed by atoms with Gasteiger partial charge in [-0.05, 0) is 75.4 Å². The zero-order chi connectivity index (χ0) is 30.0. The van der Waals surface area contributed by atoms with Crippen molar-refractivity contribution in [1.29, 1.82) is 0 Å². The zero-order valence-corrected chi connectivity index (χ0v) is 25.0. The van der Waals surface area contributed by atoms with Gasteiger partial charge in [-0.25, -0.2) is 9.59 Å². The molecule has 4 N–H and O–H groups in total. The van der Waals surface area contributed by atoms with E-state index >= 15 is 0 Å². The summed E-state index contributed by atoms with van der Waals surface area (Å²) in [6.45, 7) is 9.50. The van der Waals surface area contributed by atoms with Crippen LogP contribution in [-0.4, -0.2) is 66.4 Å². The monoisotopic (exact) mass is 594 g/mol. The molecule has 11 nitrogen and oxygen atoms in total. The topological polar surface area (TPSA) is 134 Å². The molecule has 1 saturated heterocycles. The van der Waals surface area contributed by atoms with Gasteiger partial charge in [0.05, 0.1) is 36.3 Å². The van der Waals surface area contributed by atoms with E-state index in [4.69, 9.17) is 9.47 Å². The number of benzene rings is 1. The van der Waals surface area contributed by atoms with Crippen molar-refractivity contribution in [3.63, 3.8) is 0 Å². The number of morpholine rings is 1. The maximum absolute atomic E-state index is 13.1. The molecule has 1 fully saturated rings. The molecule has 12 heteroatoms. The first kappa shape index (κ1) is 30.9. The summed E-state index contributed by atoms with van der Waals surface area (Å²) in [7, 11) is 0. The Bertz CT molecular complexity index is 1320. The number of urea groups is 1. The fourth-order valence-electron chi connectivity index (χ4n) is 4.37. The molecule has 3 aromatic rings. The molecule has 1 aromatic carbocycles. The van der Waals surface area contributed by atoms with Crippen molar-refractivity contribution in [2.24, 2.45) is 0 Å². The number of thiophene rings is 1. The summed E-state index contributed by atoms with van der Waals surface area (Å²) in [6, 6.07) is 11.5. The zero-order valence-electron chi connectivity index (χ0n) is 24.1. The molecule has 0 bridgehead atoms. The van der Waals surface area contributed by atoms with Crippen LogP contribution in [0.4, 0.5) is 26.7 Å². The van der Waals surface area contributed by atoms with Gasteiger partial charge in [0, 0.05) is 24.7 Å². The molecular weight excluding hydrogens is 556 g/mol. The molecule has 224 valence electrons. The average Bonchev–Trinajstić information content (AvgIpc) is 3.46. The normalized spacial score (nSPS) is 14.5. The summed E-state index contributed by atoms with van der Waals surface area (Å²) in [4.78, 5) is 44.8. The number of nitrogens with one attached hydrogen (secondary N) is 4. The Kier molecular flexibility index (Phi) is 10.9. The van der Waals surface area contributed by atoms with Gasteiger partial charge in [-0.2, -0.15) is 11.3 Å². The number of aromatic nitrogens is 1. The lowest BCUT2D eigenvalue weighted by Gasteiger charge is -2.27. The van der Waals surface area contributed by atoms with Crippen LogP contribution >= 0.6 is 11.3 Å². The highest BCUT2D eigenvalue weighted by molar-refractivity contribution is 7.08. The number of amides is 4. The molecule has 0 spiro atoms. The van der Waals surface area contributed by atoms with Crippen LogP contribution < -0.4 is 21.3 Å². The number of hydrogen-bond donors (Lipinski definition) is 4. The van der Waals surface area contributed by atoms with Crippen LogP contribution in [0.15, 0.2) is 59.4 Å². The van der Waals surface area contributed by atoms with Gasteiger partial charge < -0.3 is 25.4 Å². The highest BCUT2D eigenvalue weighted by atomic mass is 32.1. The minimum Gasteiger partial charge on any atom is -0.444 e. The molecule has 1 atom stereocenters. The van der Waals surface area contributed by atoms with Crippen LogP contribution in [0.25, 0.3) is 0 Å². The van der Waals surface area contributed by atoms with Crippen LogP contribution in [0.2, 0.25) is 0 Å². The lowest BCUT2D eigenvalue weighted by Crippen LogP contribution is -2.37. The second-order valence-corrected chi connectivity index (χ2v) is 11.6. The highest BCUT2D eigenvalue weighted by Gasteiger charge is 2.20. The SMILES string of the molecule is CC(C)(C)OC(=O)Nc1ccccc1NC(=O)c1ccc(C(CCCN2CCOCC2)NC(=O)Nc2ccsc2)cn1. The summed E-state index contributed by atoms with van der Waals surface area (Å²) >= 11 is 1.50. The number of hydrogen-bond acceptors (Lipinski definition) is 8. The number of nitrogens with zero attached hydrogens (tertiary/aromatic N) is 2. The quantitative estimate of drug-likeness (QED) is 0.236. The lowest BCUT2D eigenvalue weighted by atomic mass is 10.0. The van der Waals surface area contributed by atoms with Crippen molar-refractivity contribution in [2.75, 3.05) is 48.8 Å². The van der Waals surface area contributed by atoms with Crippen molar-refractivity contribution in [1.82, 2.24) is 15.2 Å². The molecule has 2 aromatic heterocycles. The number of anilines is 3. The maximum Gasteiger partial charge on any atom is 0.412 e. The molecule has 0 radical (unpaired) electrons. The van der Waals surface area contributed by atoms with Crippen molar-refractivity contribution >= 4 is 46.4 Å². The van der Waals surface area contributed by atoms with Gasteiger partial charge in [0.2, 0.25) is 0 Å². The van der Waals surface area contributed by atoms with Gasteiger partial charge in [-0.15, -0.1) is 0 Å². The predicted molar refractivity (Wildman–Crippen MR) is 164 cm³/mol. The smallest absolute Gasteiger partial charge is 0.412 e. The Labute approximate surface area is 250 Å². The summed E-state index contributed by atoms with van der Waals surface area (Å²) in [5.41, 5.74) is 1.87. The van der Waals surface area contributed by atoms with Gasteiger partial charge in [0.15, 0.2) is 0 Å². The number of ether oxygens (including phenoxy) is 2. The second-order valence-electron chi connectivity index (χ2n) is 10.9. The van der Waals surface area contributed by atoms with Crippen molar-refractivity contribution in [3.05, 3.63) is 70.7 Å². The van der Waals surface area contributed by atoms with E-state index in [-0.39, 0.29) is 17.8 Å². The molecule has 4 amide bonds. The van der Waals surface area contributed by atoms with E-state index in [0.717, 1.165) is 50.5 Å². The molecule has 1 aliphatic heterocycles. The van der Waals surface area contributed by atoms with E-state index in [1.54, 1.807) is 63.4 Å². The third-order valence-electron chi connectivity index (χ3n) is 6.39. The third kappa shape index (κ3) is 9.82. The minimum atomic E-state index is -0.659. The number of para-hydroxylation sites is 2. The molecule has 1 aliphatic rings. The predicted octanol–water partition coefficient (Wildman–Crippen LogP) is 5.72. The van der Waals surface area contributed by atoms with Crippen molar-refractivity contribution in [2.45, 2.75) is 45.3 Å². The van der Waals surface area contributed by atoms with Gasteiger partial charge in [0.1, 0.15) is 11.3 Å². The van der Waals surface area contributed by atoms with E-state index in [1.165, 1.54) is 11.3 Å². The fraction of sp³-hybridized carbons (Fsp3) is 0.400. The number of carbonyl (C=O) groups is 3. The molecule has 1 unspecified atom stereocenters. The van der Waals surface area contributed by atoms with Gasteiger partial charge >= 0.3 is 12.1 Å². The van der Waals surface area contributed by atoms with Crippen LogP contribution in [0.5, 0.6) is 0 Å². The van der Waals surface area contributed by atoms with E-state index in [0.29, 0.717) is 17.8 Å². The standard InChI is InChI=1S/C30H38N6O5S/c1-30(2,3)41-29(39)35-25-8-5-4-7-24(25)33-27(37)26-11-10-21(19-31-26)23(9-6-13-36-14-16-40-17-15-36)34-28(38)32-22-12-18-42-20-22/h4-5,7-8,10-12,18-20,23H,6,9,13-17H2,1-3H3,(H,33,37)(H,35,39)(H2,32,34,38). The maximum atomic E-state index is 13.1. The van der Waals surface area contributed by atoms with E-state index in [9.17, 15) is 14.4 Å². The Hall–Kier alpha value is -4.00. The summed E-state index contributed by atoms with van der Waals surface area (Å²) in [5, 5.41) is 15.2. The molecule has 42 heavy (non-hydrogen) atoms. The van der Waals surface area contributed by atoms with E-state index < -0.39 is 17.6 Å². The number of rotatable bonds is 10. The Morgan fingerprint density at radius 1 is 1.02 bits per heavy atom. The first-order valence-corrected chi connectivity index (χ1v) is 14.9. The van der Waals surface area contributed by atoms with Crippen LogP contribution in [0, 0.1) is 0 Å². The first-order valence-electron chi connectivity index (χ1n) is 13.9. The lowest BCUT2D eigenvalue weighted by molar-refractivity contribution is 0.0369. The minimum absolute atomic E-state index is 0.195. The highest BCUT2D eigenvalue weighted by Crippen LogP contribution is 2.24. The fourth-order valence-corrected chi connectivity index (χ4v) is 4.96. The Morgan fingerprint density at radius 3 is 2.40 bits per heavy atom. The van der Waals surface area contributed by atoms with E-state index in [2.05, 4.69) is 31.2 Å². The Morgan fingerprint density at radius 2 is 1.76 bits per heavy atom. The van der Waals surface area contributed by atoms with Crippen LogP contribution in [-0.2, 0) is 9.47 Å². The first-order chi connectivity index (χ1) is 20.2.